The molecule has 0 saturated carbocycles. The molecule has 2 aliphatic heterocycles. The van der Waals surface area contributed by atoms with Crippen LogP contribution in [0.3, 0.4) is 0 Å². The molecule has 19 heavy (non-hydrogen) atoms. The molecule has 3 nitrogen and oxygen atoms in total. The predicted octanol–water partition coefficient (Wildman–Crippen LogP) is 3.47. The largest absolute Gasteiger partial charge is 0.457 e. The zero-order chi connectivity index (χ0) is 13.2. The average molecular weight is 252 g/mol. The quantitative estimate of drug-likeness (QED) is 0.819. The van der Waals surface area contributed by atoms with Crippen molar-refractivity contribution in [2.75, 3.05) is 5.73 Å². The van der Waals surface area contributed by atoms with Gasteiger partial charge in [-0.2, -0.15) is 0 Å². The fraction of sp³-hybridized carbons (Fsp3) is 0.125. The molecule has 0 fully saturated rings. The van der Waals surface area contributed by atoms with Crippen LogP contribution in [0.5, 0.6) is 5.75 Å². The summed E-state index contributed by atoms with van der Waals surface area (Å²) in [5.41, 5.74) is 8.68. The van der Waals surface area contributed by atoms with Crippen LogP contribution in [-0.2, 0) is 0 Å². The Hall–Kier alpha value is -2.42. The van der Waals surface area contributed by atoms with Gasteiger partial charge in [-0.3, -0.25) is 0 Å². The van der Waals surface area contributed by atoms with Crippen molar-refractivity contribution in [1.29, 1.82) is 0 Å². The molecule has 0 radical (unpaired) electrons. The van der Waals surface area contributed by atoms with E-state index >= 15 is 0 Å². The maximum absolute atomic E-state index is 5.92. The van der Waals surface area contributed by atoms with Crippen LogP contribution in [0.25, 0.3) is 0 Å². The summed E-state index contributed by atoms with van der Waals surface area (Å²) < 4.78 is 5.92. The minimum absolute atomic E-state index is 0.754. The van der Waals surface area contributed by atoms with Gasteiger partial charge in [0.2, 0.25) is 0 Å². The number of anilines is 1. The van der Waals surface area contributed by atoms with E-state index in [4.69, 9.17) is 10.5 Å². The lowest BCUT2D eigenvalue weighted by Crippen LogP contribution is -2.14. The number of allylic oxidation sites excluding steroid dienone is 4. The lowest BCUT2D eigenvalue weighted by molar-refractivity contribution is 0.431. The van der Waals surface area contributed by atoms with Gasteiger partial charge in [-0.05, 0) is 43.2 Å². The molecule has 2 aliphatic rings. The number of rotatable bonds is 2. The normalized spacial score (nSPS) is 16.8. The molecule has 0 atom stereocenters. The van der Waals surface area contributed by atoms with E-state index < -0.39 is 0 Å². The zero-order valence-corrected chi connectivity index (χ0v) is 10.8. The van der Waals surface area contributed by atoms with Crippen molar-refractivity contribution in [3.63, 3.8) is 0 Å². The van der Waals surface area contributed by atoms with Crippen LogP contribution in [-0.4, -0.2) is 4.90 Å². The Kier molecular flexibility index (Phi) is 2.88. The van der Waals surface area contributed by atoms with Gasteiger partial charge in [0.15, 0.2) is 0 Å². The maximum Gasteiger partial charge on any atom is 0.130 e. The molecule has 0 saturated heterocycles. The van der Waals surface area contributed by atoms with Crippen LogP contribution in [0, 0.1) is 6.92 Å². The number of ether oxygens (including phenoxy) is 1. The molecule has 0 spiro atoms. The van der Waals surface area contributed by atoms with Gasteiger partial charge >= 0.3 is 0 Å². The van der Waals surface area contributed by atoms with Gasteiger partial charge in [0.05, 0.1) is 0 Å². The first-order chi connectivity index (χ1) is 9.22. The molecule has 1 aromatic carbocycles. The van der Waals surface area contributed by atoms with Gasteiger partial charge in [-0.1, -0.05) is 12.2 Å². The van der Waals surface area contributed by atoms with Crippen LogP contribution >= 0.6 is 0 Å². The number of hydrogen-bond donors (Lipinski definition) is 1. The molecule has 3 heteroatoms. The fourth-order valence-corrected chi connectivity index (χ4v) is 2.15. The standard InChI is InChI=1S/C16H16N2O/c1-12-10-13(17)5-6-16(12)19-15-7-9-18-8-3-2-4-14(18)11-15/h3-11H,2,17H2,1H3. The highest BCUT2D eigenvalue weighted by molar-refractivity contribution is 5.48. The molecule has 0 unspecified atom stereocenters. The fourth-order valence-electron chi connectivity index (χ4n) is 2.15. The van der Waals surface area contributed by atoms with Crippen molar-refractivity contribution in [3.8, 4) is 5.75 Å². The van der Waals surface area contributed by atoms with Crippen LogP contribution in [0.15, 0.2) is 66.4 Å². The summed E-state index contributed by atoms with van der Waals surface area (Å²) in [4.78, 5) is 2.08. The molecule has 1 aromatic rings. The Labute approximate surface area is 113 Å². The van der Waals surface area contributed by atoms with Crippen molar-refractivity contribution in [2.45, 2.75) is 13.3 Å². The Balaban J connectivity index is 1.83. The minimum Gasteiger partial charge on any atom is -0.457 e. The highest BCUT2D eigenvalue weighted by atomic mass is 16.5. The molecule has 0 aromatic heterocycles. The van der Waals surface area contributed by atoms with E-state index in [0.29, 0.717) is 0 Å². The molecule has 96 valence electrons. The van der Waals surface area contributed by atoms with Gasteiger partial charge in [0.1, 0.15) is 11.5 Å². The third-order valence-electron chi connectivity index (χ3n) is 3.14. The number of fused-ring (bicyclic) bond motifs is 1. The van der Waals surface area contributed by atoms with Crippen molar-refractivity contribution in [3.05, 3.63) is 71.9 Å². The summed E-state index contributed by atoms with van der Waals surface area (Å²) >= 11 is 0. The van der Waals surface area contributed by atoms with Gasteiger partial charge in [0.25, 0.3) is 0 Å². The van der Waals surface area contributed by atoms with E-state index in [1.54, 1.807) is 0 Å². The lowest BCUT2D eigenvalue weighted by Gasteiger charge is -2.24. The van der Waals surface area contributed by atoms with Crippen molar-refractivity contribution in [2.24, 2.45) is 0 Å². The van der Waals surface area contributed by atoms with Gasteiger partial charge in [-0.25, -0.2) is 0 Å². The topological polar surface area (TPSA) is 38.5 Å². The number of benzene rings is 1. The highest BCUT2D eigenvalue weighted by Crippen LogP contribution is 2.26. The van der Waals surface area contributed by atoms with Crippen LogP contribution in [0.4, 0.5) is 5.69 Å². The molecule has 0 amide bonds. The monoisotopic (exact) mass is 252 g/mol. The van der Waals surface area contributed by atoms with Crippen LogP contribution in [0.2, 0.25) is 0 Å². The number of aryl methyl sites for hydroxylation is 1. The highest BCUT2D eigenvalue weighted by Gasteiger charge is 2.12. The van der Waals surface area contributed by atoms with Crippen molar-refractivity contribution >= 4 is 5.69 Å². The Morgan fingerprint density at radius 3 is 3.00 bits per heavy atom. The third-order valence-corrected chi connectivity index (χ3v) is 3.14. The first-order valence-electron chi connectivity index (χ1n) is 6.31. The lowest BCUT2D eigenvalue weighted by atomic mass is 10.1. The second kappa shape index (κ2) is 4.69. The van der Waals surface area contributed by atoms with Crippen molar-refractivity contribution in [1.82, 2.24) is 4.90 Å². The molecule has 0 aliphatic carbocycles. The Morgan fingerprint density at radius 2 is 2.16 bits per heavy atom. The zero-order valence-electron chi connectivity index (χ0n) is 10.8. The van der Waals surface area contributed by atoms with E-state index in [2.05, 4.69) is 23.3 Å². The van der Waals surface area contributed by atoms with E-state index in [-0.39, 0.29) is 0 Å². The molecule has 2 N–H and O–H groups in total. The van der Waals surface area contributed by atoms with Gasteiger partial charge in [0, 0.05) is 29.9 Å². The molecular weight excluding hydrogens is 236 g/mol. The first kappa shape index (κ1) is 11.7. The van der Waals surface area contributed by atoms with Crippen molar-refractivity contribution < 1.29 is 4.74 Å². The summed E-state index contributed by atoms with van der Waals surface area (Å²) in [6.07, 6.45) is 13.3. The molecule has 3 rings (SSSR count). The second-order valence-electron chi connectivity index (χ2n) is 4.65. The van der Waals surface area contributed by atoms with E-state index in [1.165, 1.54) is 0 Å². The van der Waals surface area contributed by atoms with Crippen LogP contribution in [0.1, 0.15) is 12.0 Å². The van der Waals surface area contributed by atoms with Crippen LogP contribution < -0.4 is 10.5 Å². The summed E-state index contributed by atoms with van der Waals surface area (Å²) in [7, 11) is 0. The summed E-state index contributed by atoms with van der Waals surface area (Å²) in [5, 5.41) is 0. The first-order valence-corrected chi connectivity index (χ1v) is 6.31. The minimum atomic E-state index is 0.754. The van der Waals surface area contributed by atoms with E-state index in [9.17, 15) is 0 Å². The average Bonchev–Trinajstić information content (AvgIpc) is 2.42. The van der Waals surface area contributed by atoms with Gasteiger partial charge in [-0.15, -0.1) is 0 Å². The third kappa shape index (κ3) is 2.40. The number of nitrogens with two attached hydrogens (primary N) is 1. The predicted molar refractivity (Wildman–Crippen MR) is 77.1 cm³/mol. The smallest absolute Gasteiger partial charge is 0.130 e. The SMILES string of the molecule is Cc1cc(N)ccc1OC1=CC2=CCC=CN2C=C1. The number of nitrogen functional groups attached to an aromatic ring is 1. The molecule has 0 bridgehead atoms. The number of nitrogens with zero attached hydrogens (tertiary/aromatic N) is 1. The van der Waals surface area contributed by atoms with E-state index in [0.717, 1.165) is 34.9 Å². The maximum atomic E-state index is 5.92. The van der Waals surface area contributed by atoms with E-state index in [1.807, 2.05) is 43.5 Å². The Morgan fingerprint density at radius 1 is 1.26 bits per heavy atom. The second-order valence-corrected chi connectivity index (χ2v) is 4.65. The molecule has 2 heterocycles. The number of hydrogen-bond acceptors (Lipinski definition) is 3. The summed E-state index contributed by atoms with van der Waals surface area (Å²) in [6, 6.07) is 5.67. The summed E-state index contributed by atoms with van der Waals surface area (Å²) in [5.74, 6) is 1.68. The summed E-state index contributed by atoms with van der Waals surface area (Å²) in [6.45, 7) is 1.99. The molecular formula is C16H16N2O. The van der Waals surface area contributed by atoms with Gasteiger partial charge < -0.3 is 15.4 Å². The Bertz CT molecular complexity index is 624.